The highest BCUT2D eigenvalue weighted by molar-refractivity contribution is 5.86. The molecular weight excluding hydrogens is 688 g/mol. The van der Waals surface area contributed by atoms with E-state index in [9.17, 15) is 29.4 Å². The topological polar surface area (TPSA) is 182 Å². The second-order valence-corrected chi connectivity index (χ2v) is 15.8. The van der Waals surface area contributed by atoms with Gasteiger partial charge in [0.15, 0.2) is 0 Å². The third-order valence-corrected chi connectivity index (χ3v) is 9.17. The van der Waals surface area contributed by atoms with Gasteiger partial charge >= 0.3 is 12.2 Å². The molecule has 0 saturated carbocycles. The van der Waals surface area contributed by atoms with Crippen LogP contribution in [0.25, 0.3) is 11.3 Å². The van der Waals surface area contributed by atoms with Crippen LogP contribution in [0, 0.1) is 10.8 Å². The Kier molecular flexibility index (Phi) is 16.0. The van der Waals surface area contributed by atoms with E-state index in [4.69, 9.17) is 0 Å². The Balaban J connectivity index is 1.93. The van der Waals surface area contributed by atoms with Crippen LogP contribution in [0.1, 0.15) is 59.1 Å². The van der Waals surface area contributed by atoms with Crippen molar-refractivity contribution in [2.45, 2.75) is 91.1 Å². The molecule has 0 unspecified atom stereocenters. The van der Waals surface area contributed by atoms with Crippen molar-refractivity contribution in [3.63, 3.8) is 0 Å². The molecule has 13 nitrogen and oxygen atoms in total. The maximum Gasteiger partial charge on any atom is 0.407 e. The second-order valence-electron chi connectivity index (χ2n) is 15.8. The van der Waals surface area contributed by atoms with Crippen molar-refractivity contribution in [2.75, 3.05) is 27.2 Å². The molecule has 0 spiro atoms. The fourth-order valence-corrected chi connectivity index (χ4v) is 6.48. The van der Waals surface area contributed by atoms with Gasteiger partial charge in [-0.3, -0.25) is 19.5 Å². The molecule has 0 aliphatic heterocycles. The lowest BCUT2D eigenvalue weighted by molar-refractivity contribution is -0.130. The maximum absolute atomic E-state index is 14.0. The molecule has 1 heterocycles. The summed E-state index contributed by atoms with van der Waals surface area (Å²) < 4.78 is 4.63. The van der Waals surface area contributed by atoms with E-state index in [0.717, 1.165) is 27.3 Å². The van der Waals surface area contributed by atoms with E-state index < -0.39 is 59.2 Å². The lowest BCUT2D eigenvalue weighted by Gasteiger charge is -2.37. The van der Waals surface area contributed by atoms with Crippen LogP contribution in [-0.4, -0.2) is 102 Å². The zero-order valence-electron chi connectivity index (χ0n) is 32.8. The number of nitrogens with zero attached hydrogens (tertiary/aromatic N) is 2. The first-order valence-corrected chi connectivity index (χ1v) is 18.2. The Morgan fingerprint density at radius 2 is 1.43 bits per heavy atom. The van der Waals surface area contributed by atoms with Gasteiger partial charge < -0.3 is 36.2 Å². The van der Waals surface area contributed by atoms with Gasteiger partial charge in [-0.25, -0.2) is 9.59 Å². The number of aromatic nitrogens is 1. The molecule has 294 valence electrons. The number of ether oxygens (including phenoxy) is 1. The number of rotatable bonds is 17. The van der Waals surface area contributed by atoms with Crippen LogP contribution in [-0.2, 0) is 27.2 Å². The maximum atomic E-state index is 14.0. The summed E-state index contributed by atoms with van der Waals surface area (Å²) in [6.07, 6.45) is -0.531. The molecule has 4 amide bonds. The number of methoxy groups -OCH3 is 1. The molecule has 0 aliphatic carbocycles. The number of likely N-dealkylation sites (N-methyl/N-ethyl adjacent to an activating group) is 1. The SMILES string of the molecule is COC(=O)NCCN[C@H](C(=O)N[C@@H](Cc1ccccc1)[C@@H](O)C[C@@H](Cc1ccc(-c2ccccn2)cc1)NC(=O)[C@@H](N(C)C(=O)O)C(C)(C)C)C(C)(C)C. The minimum Gasteiger partial charge on any atom is -0.465 e. The Morgan fingerprint density at radius 1 is 0.796 bits per heavy atom. The predicted molar refractivity (Wildman–Crippen MR) is 209 cm³/mol. The van der Waals surface area contributed by atoms with Gasteiger partial charge in [0.1, 0.15) is 6.04 Å². The number of carbonyl (C=O) groups is 4. The standard InChI is InChI=1S/C41H58N6O7/c1-40(2,3)34(43-22-23-44-38(51)54-8)36(49)46-32(25-27-14-10-9-11-15-27)33(48)26-30(45-37(50)35(41(4,5)6)47(7)39(52)53)24-28-17-19-29(20-18-28)31-16-12-13-21-42-31/h9-21,30,32-35,43,48H,22-26H2,1-8H3,(H,44,51)(H,45,50)(H,46,49)(H,52,53)/t30-,32+,33+,34-,35-/m1/s1. The van der Waals surface area contributed by atoms with Gasteiger partial charge in [-0.15, -0.1) is 0 Å². The first kappa shape index (κ1) is 43.4. The molecule has 6 N–H and O–H groups in total. The number of aliphatic hydroxyl groups is 1. The number of carbonyl (C=O) groups excluding carboxylic acids is 3. The fourth-order valence-electron chi connectivity index (χ4n) is 6.48. The lowest BCUT2D eigenvalue weighted by Crippen LogP contribution is -2.58. The van der Waals surface area contributed by atoms with Crippen LogP contribution in [0.5, 0.6) is 0 Å². The van der Waals surface area contributed by atoms with Crippen molar-refractivity contribution in [1.29, 1.82) is 0 Å². The third-order valence-electron chi connectivity index (χ3n) is 9.17. The molecule has 0 aliphatic rings. The van der Waals surface area contributed by atoms with Crippen molar-refractivity contribution in [2.24, 2.45) is 10.8 Å². The van der Waals surface area contributed by atoms with Crippen molar-refractivity contribution >= 4 is 24.0 Å². The Morgan fingerprint density at radius 3 is 1.98 bits per heavy atom. The average Bonchev–Trinajstić information content (AvgIpc) is 3.11. The van der Waals surface area contributed by atoms with E-state index >= 15 is 0 Å². The summed E-state index contributed by atoms with van der Waals surface area (Å²) in [5.74, 6) is -0.821. The van der Waals surface area contributed by atoms with Crippen LogP contribution in [0.15, 0.2) is 79.0 Å². The van der Waals surface area contributed by atoms with Gasteiger partial charge in [0.2, 0.25) is 11.8 Å². The molecule has 3 rings (SSSR count). The highest BCUT2D eigenvalue weighted by atomic mass is 16.5. The summed E-state index contributed by atoms with van der Waals surface area (Å²) in [6, 6.07) is 19.8. The summed E-state index contributed by atoms with van der Waals surface area (Å²) in [7, 11) is 2.65. The highest BCUT2D eigenvalue weighted by Crippen LogP contribution is 2.26. The Bertz CT molecular complexity index is 1640. The summed E-state index contributed by atoms with van der Waals surface area (Å²) >= 11 is 0. The van der Waals surface area contributed by atoms with E-state index in [1.54, 1.807) is 27.0 Å². The Labute approximate surface area is 319 Å². The van der Waals surface area contributed by atoms with Crippen molar-refractivity contribution in [3.8, 4) is 11.3 Å². The molecule has 2 aromatic carbocycles. The first-order valence-electron chi connectivity index (χ1n) is 18.2. The Hall–Kier alpha value is -5.01. The van der Waals surface area contributed by atoms with Crippen molar-refractivity contribution in [1.82, 2.24) is 31.2 Å². The smallest absolute Gasteiger partial charge is 0.407 e. The molecule has 3 aromatic rings. The van der Waals surface area contributed by atoms with E-state index in [2.05, 4.69) is 31.0 Å². The van der Waals surface area contributed by atoms with E-state index in [1.165, 1.54) is 14.2 Å². The van der Waals surface area contributed by atoms with E-state index in [0.29, 0.717) is 19.4 Å². The molecule has 0 saturated heterocycles. The zero-order chi connectivity index (χ0) is 40.1. The van der Waals surface area contributed by atoms with Crippen LogP contribution in [0.4, 0.5) is 9.59 Å². The van der Waals surface area contributed by atoms with E-state index in [1.807, 2.05) is 93.6 Å². The van der Waals surface area contributed by atoms with E-state index in [-0.39, 0.29) is 18.9 Å². The van der Waals surface area contributed by atoms with Crippen molar-refractivity contribution < 1.29 is 34.1 Å². The van der Waals surface area contributed by atoms with Crippen LogP contribution >= 0.6 is 0 Å². The van der Waals surface area contributed by atoms with Crippen LogP contribution in [0.3, 0.4) is 0 Å². The van der Waals surface area contributed by atoms with Gasteiger partial charge in [-0.2, -0.15) is 0 Å². The molecule has 0 bridgehead atoms. The van der Waals surface area contributed by atoms with Gasteiger partial charge in [0.05, 0.1) is 31.0 Å². The molecular formula is C41H58N6O7. The lowest BCUT2D eigenvalue weighted by atomic mass is 9.84. The van der Waals surface area contributed by atoms with Crippen LogP contribution in [0.2, 0.25) is 0 Å². The molecule has 0 fully saturated rings. The zero-order valence-corrected chi connectivity index (χ0v) is 32.8. The normalized spacial score (nSPS) is 14.5. The van der Waals surface area contributed by atoms with Gasteiger partial charge in [-0.1, -0.05) is 102 Å². The average molecular weight is 747 g/mol. The summed E-state index contributed by atoms with van der Waals surface area (Å²) in [6.45, 7) is 11.7. The minimum atomic E-state index is -1.24. The number of carboxylic acid groups (broad SMARTS) is 1. The highest BCUT2D eigenvalue weighted by Gasteiger charge is 2.39. The first-order chi connectivity index (χ1) is 25.4. The van der Waals surface area contributed by atoms with Gasteiger partial charge in [-0.05, 0) is 53.4 Å². The summed E-state index contributed by atoms with van der Waals surface area (Å²) in [4.78, 5) is 57.0. The van der Waals surface area contributed by atoms with Gasteiger partial charge in [0.25, 0.3) is 0 Å². The third kappa shape index (κ3) is 13.4. The number of amides is 4. The number of alkyl carbamates (subject to hydrolysis) is 1. The number of hydrogen-bond acceptors (Lipinski definition) is 8. The number of hydrogen-bond donors (Lipinski definition) is 6. The molecule has 1 aromatic heterocycles. The monoisotopic (exact) mass is 746 g/mol. The number of benzene rings is 2. The second kappa shape index (κ2) is 19.9. The molecule has 13 heteroatoms. The summed E-state index contributed by atoms with van der Waals surface area (Å²) in [5.41, 5.74) is 2.24. The van der Waals surface area contributed by atoms with Gasteiger partial charge in [0, 0.05) is 37.9 Å². The van der Waals surface area contributed by atoms with Crippen LogP contribution < -0.4 is 21.3 Å². The molecule has 54 heavy (non-hydrogen) atoms. The number of pyridine rings is 1. The number of nitrogens with one attached hydrogen (secondary N) is 4. The fraction of sp³-hybridized carbons (Fsp3) is 0.488. The largest absolute Gasteiger partial charge is 0.465 e. The minimum absolute atomic E-state index is 0.0514. The molecule has 5 atom stereocenters. The quantitative estimate of drug-likeness (QED) is 0.107. The number of aliphatic hydroxyl groups excluding tert-OH is 1. The van der Waals surface area contributed by atoms with Crippen molar-refractivity contribution in [3.05, 3.63) is 90.1 Å². The summed E-state index contributed by atoms with van der Waals surface area (Å²) in [5, 5.41) is 33.8. The predicted octanol–water partition coefficient (Wildman–Crippen LogP) is 4.64. The molecule has 0 radical (unpaired) electrons.